The highest BCUT2D eigenvalue weighted by atomic mass is 16.5. The molecule has 0 saturated heterocycles. The Balaban J connectivity index is 1.28. The van der Waals surface area contributed by atoms with Crippen LogP contribution in [-0.4, -0.2) is 24.0 Å². The van der Waals surface area contributed by atoms with Gasteiger partial charge in [0.1, 0.15) is 5.75 Å². The maximum absolute atomic E-state index is 11.1. The van der Waals surface area contributed by atoms with Gasteiger partial charge in [-0.25, -0.2) is 4.98 Å². The Morgan fingerprint density at radius 1 is 1.14 bits per heavy atom. The molecule has 1 heterocycles. The predicted octanol–water partition coefficient (Wildman–Crippen LogP) is 4.56. The molecule has 1 fully saturated rings. The maximum Gasteiger partial charge on any atom is 0.250 e. The van der Waals surface area contributed by atoms with Gasteiger partial charge in [0.25, 0.3) is 0 Å². The standard InChI is InChI=1S/C24H31N3O2/c25-24(28)20-8-11-23(27-16-20)29-21-9-10-22-18(14-21)6-7-19(22)15-26-13-12-17-4-2-1-3-5-17/h8-11,14,16-17,19,26H,1-7,12-13,15H2,(H2,25,28). The zero-order valence-corrected chi connectivity index (χ0v) is 17.0. The van der Waals surface area contributed by atoms with Gasteiger partial charge in [-0.1, -0.05) is 38.2 Å². The molecule has 5 heteroatoms. The molecule has 154 valence electrons. The van der Waals surface area contributed by atoms with Crippen molar-refractivity contribution in [1.82, 2.24) is 10.3 Å². The number of ether oxygens (including phenoxy) is 1. The Kier molecular flexibility index (Phi) is 6.45. The number of primary amides is 1. The van der Waals surface area contributed by atoms with E-state index in [1.54, 1.807) is 12.1 Å². The lowest BCUT2D eigenvalue weighted by molar-refractivity contribution is 0.1000. The lowest BCUT2D eigenvalue weighted by atomic mass is 9.87. The molecule has 3 N–H and O–H groups in total. The van der Waals surface area contributed by atoms with Crippen molar-refractivity contribution in [3.63, 3.8) is 0 Å². The minimum Gasteiger partial charge on any atom is -0.439 e. The number of nitrogens with one attached hydrogen (secondary N) is 1. The normalized spacial score (nSPS) is 19.1. The van der Waals surface area contributed by atoms with E-state index in [-0.39, 0.29) is 0 Å². The minimum absolute atomic E-state index is 0.380. The number of pyridine rings is 1. The number of aromatic nitrogens is 1. The van der Waals surface area contributed by atoms with Crippen LogP contribution in [0.2, 0.25) is 0 Å². The molecule has 5 nitrogen and oxygen atoms in total. The number of hydrogen-bond donors (Lipinski definition) is 2. The van der Waals surface area contributed by atoms with Gasteiger partial charge in [-0.3, -0.25) is 4.79 Å². The summed E-state index contributed by atoms with van der Waals surface area (Å²) in [7, 11) is 0. The van der Waals surface area contributed by atoms with E-state index in [2.05, 4.69) is 22.4 Å². The van der Waals surface area contributed by atoms with Gasteiger partial charge in [-0.2, -0.15) is 0 Å². The minimum atomic E-state index is -0.486. The number of aryl methyl sites for hydroxylation is 1. The number of nitrogens with zero attached hydrogens (tertiary/aromatic N) is 1. The molecule has 2 aliphatic carbocycles. The number of rotatable bonds is 8. The van der Waals surface area contributed by atoms with Gasteiger partial charge in [0, 0.05) is 18.8 Å². The van der Waals surface area contributed by atoms with Gasteiger partial charge in [-0.05, 0) is 67.0 Å². The molecule has 1 aromatic carbocycles. The van der Waals surface area contributed by atoms with Crippen LogP contribution in [-0.2, 0) is 6.42 Å². The molecule has 1 amide bonds. The first-order valence-electron chi connectivity index (χ1n) is 11.0. The molecular formula is C24H31N3O2. The van der Waals surface area contributed by atoms with Crippen LogP contribution >= 0.6 is 0 Å². The molecule has 2 aliphatic rings. The molecule has 0 spiro atoms. The van der Waals surface area contributed by atoms with Gasteiger partial charge in [-0.15, -0.1) is 0 Å². The van der Waals surface area contributed by atoms with Crippen molar-refractivity contribution in [3.05, 3.63) is 53.2 Å². The average molecular weight is 394 g/mol. The Labute approximate surface area is 173 Å². The van der Waals surface area contributed by atoms with Crippen molar-refractivity contribution in [3.8, 4) is 11.6 Å². The summed E-state index contributed by atoms with van der Waals surface area (Å²) in [4.78, 5) is 15.3. The van der Waals surface area contributed by atoms with Crippen molar-refractivity contribution in [1.29, 1.82) is 0 Å². The monoisotopic (exact) mass is 393 g/mol. The second-order valence-electron chi connectivity index (χ2n) is 8.44. The molecule has 1 saturated carbocycles. The van der Waals surface area contributed by atoms with Crippen molar-refractivity contribution < 1.29 is 9.53 Å². The van der Waals surface area contributed by atoms with Gasteiger partial charge in [0.15, 0.2) is 0 Å². The lowest BCUT2D eigenvalue weighted by Crippen LogP contribution is -2.24. The maximum atomic E-state index is 11.1. The highest BCUT2D eigenvalue weighted by Crippen LogP contribution is 2.35. The second-order valence-corrected chi connectivity index (χ2v) is 8.44. The summed E-state index contributed by atoms with van der Waals surface area (Å²) in [5.41, 5.74) is 8.44. The van der Waals surface area contributed by atoms with Crippen LogP contribution < -0.4 is 15.8 Å². The van der Waals surface area contributed by atoms with Gasteiger partial charge >= 0.3 is 0 Å². The van der Waals surface area contributed by atoms with Crippen molar-refractivity contribution >= 4 is 5.91 Å². The van der Waals surface area contributed by atoms with E-state index in [9.17, 15) is 4.79 Å². The van der Waals surface area contributed by atoms with Crippen molar-refractivity contribution in [2.24, 2.45) is 11.7 Å². The number of carbonyl (C=O) groups is 1. The average Bonchev–Trinajstić information content (AvgIpc) is 3.14. The van der Waals surface area contributed by atoms with E-state index in [0.29, 0.717) is 17.4 Å². The summed E-state index contributed by atoms with van der Waals surface area (Å²) in [5.74, 6) is 2.30. The molecule has 29 heavy (non-hydrogen) atoms. The van der Waals surface area contributed by atoms with E-state index in [1.807, 2.05) is 6.07 Å². The largest absolute Gasteiger partial charge is 0.439 e. The SMILES string of the molecule is NC(=O)c1ccc(Oc2ccc3c(c2)CCC3CNCCC2CCCCC2)nc1. The fraction of sp³-hybridized carbons (Fsp3) is 0.500. The van der Waals surface area contributed by atoms with Crippen LogP contribution in [0, 0.1) is 5.92 Å². The summed E-state index contributed by atoms with van der Waals surface area (Å²) >= 11 is 0. The molecule has 0 radical (unpaired) electrons. The van der Waals surface area contributed by atoms with Crippen molar-refractivity contribution in [2.75, 3.05) is 13.1 Å². The third-order valence-electron chi connectivity index (χ3n) is 6.40. The Hall–Kier alpha value is -2.40. The molecular weight excluding hydrogens is 362 g/mol. The number of hydrogen-bond acceptors (Lipinski definition) is 4. The molecule has 0 bridgehead atoms. The first kappa shape index (κ1) is 19.9. The van der Waals surface area contributed by atoms with E-state index >= 15 is 0 Å². The summed E-state index contributed by atoms with van der Waals surface area (Å²) in [6.45, 7) is 2.21. The highest BCUT2D eigenvalue weighted by Gasteiger charge is 2.23. The van der Waals surface area contributed by atoms with Crippen LogP contribution in [0.1, 0.15) is 72.3 Å². The Morgan fingerprint density at radius 2 is 2.00 bits per heavy atom. The second kappa shape index (κ2) is 9.40. The zero-order valence-electron chi connectivity index (χ0n) is 17.0. The quantitative estimate of drug-likeness (QED) is 0.645. The van der Waals surface area contributed by atoms with Crippen LogP contribution in [0.15, 0.2) is 36.5 Å². The zero-order chi connectivity index (χ0) is 20.1. The topological polar surface area (TPSA) is 77.2 Å². The number of fused-ring (bicyclic) bond motifs is 1. The van der Waals surface area contributed by atoms with Gasteiger partial charge in [0.05, 0.1) is 5.56 Å². The van der Waals surface area contributed by atoms with E-state index < -0.39 is 5.91 Å². The van der Waals surface area contributed by atoms with E-state index in [0.717, 1.165) is 31.2 Å². The fourth-order valence-electron chi connectivity index (χ4n) is 4.72. The summed E-state index contributed by atoms with van der Waals surface area (Å²) < 4.78 is 5.86. The van der Waals surface area contributed by atoms with Crippen LogP contribution in [0.5, 0.6) is 11.6 Å². The molecule has 4 rings (SSSR count). The number of amides is 1. The van der Waals surface area contributed by atoms with Crippen LogP contribution in [0.4, 0.5) is 0 Å². The first-order valence-corrected chi connectivity index (χ1v) is 11.0. The van der Waals surface area contributed by atoms with Crippen LogP contribution in [0.25, 0.3) is 0 Å². The number of nitrogens with two attached hydrogens (primary N) is 1. The van der Waals surface area contributed by atoms with Crippen LogP contribution in [0.3, 0.4) is 0 Å². The summed E-state index contributed by atoms with van der Waals surface area (Å²) in [5, 5.41) is 3.71. The number of carbonyl (C=O) groups excluding carboxylic acids is 1. The first-order chi connectivity index (χ1) is 14.2. The van der Waals surface area contributed by atoms with Gasteiger partial charge < -0.3 is 15.8 Å². The lowest BCUT2D eigenvalue weighted by Gasteiger charge is -2.22. The predicted molar refractivity (Wildman–Crippen MR) is 114 cm³/mol. The third-order valence-corrected chi connectivity index (χ3v) is 6.40. The molecule has 1 unspecified atom stereocenters. The third kappa shape index (κ3) is 5.15. The van der Waals surface area contributed by atoms with Crippen molar-refractivity contribution in [2.45, 2.75) is 57.3 Å². The van der Waals surface area contributed by atoms with E-state index in [1.165, 1.54) is 62.3 Å². The molecule has 2 aromatic rings. The molecule has 1 atom stereocenters. The van der Waals surface area contributed by atoms with E-state index in [4.69, 9.17) is 10.5 Å². The Bertz CT molecular complexity index is 829. The highest BCUT2D eigenvalue weighted by molar-refractivity contribution is 5.92. The smallest absolute Gasteiger partial charge is 0.250 e. The Morgan fingerprint density at radius 3 is 2.76 bits per heavy atom. The molecule has 0 aliphatic heterocycles. The summed E-state index contributed by atoms with van der Waals surface area (Å²) in [6.07, 6.45) is 12.2. The molecule has 1 aromatic heterocycles. The fourth-order valence-corrected chi connectivity index (χ4v) is 4.72. The summed E-state index contributed by atoms with van der Waals surface area (Å²) in [6, 6.07) is 9.65. The van der Waals surface area contributed by atoms with Gasteiger partial charge in [0.2, 0.25) is 11.8 Å². The number of benzene rings is 1.